The number of esters is 2. The normalized spacial score (nSPS) is 11.0. The molecule has 24 heavy (non-hydrogen) atoms. The summed E-state index contributed by atoms with van der Waals surface area (Å²) >= 11 is 5.91. The number of halogens is 1. The van der Waals surface area contributed by atoms with Crippen molar-refractivity contribution in [2.45, 2.75) is 13.8 Å². The number of carbonyl (C=O) groups excluding carboxylic acids is 2. The summed E-state index contributed by atoms with van der Waals surface area (Å²) in [5.74, 6) is -1.30. The second-order valence-corrected chi connectivity index (χ2v) is 7.89. The zero-order valence-electron chi connectivity index (χ0n) is 13.0. The first kappa shape index (κ1) is 18.6. The lowest BCUT2D eigenvalue weighted by Crippen LogP contribution is -2.13. The van der Waals surface area contributed by atoms with E-state index in [0.717, 1.165) is 20.0 Å². The van der Waals surface area contributed by atoms with Crippen molar-refractivity contribution in [3.63, 3.8) is 0 Å². The van der Waals surface area contributed by atoms with Crippen LogP contribution in [-0.4, -0.2) is 31.4 Å². The molecule has 6 nitrogen and oxygen atoms in total. The molecule has 0 aliphatic heterocycles. The molecule has 2 N–H and O–H groups in total. The molecular weight excluding hydrogens is 416 g/mol. The minimum Gasteiger partial charge on any atom is -0.462 e. The lowest BCUT2D eigenvalue weighted by molar-refractivity contribution is 0.0481. The van der Waals surface area contributed by atoms with E-state index in [2.05, 4.69) is 20.9 Å². The predicted molar refractivity (Wildman–Crippen MR) is 99.9 cm³/mol. The largest absolute Gasteiger partial charge is 0.462 e. The van der Waals surface area contributed by atoms with Crippen molar-refractivity contribution < 1.29 is 19.1 Å². The fraction of sp³-hybridized carbons (Fsp3) is 0.267. The molecule has 2 rings (SSSR count). The average Bonchev–Trinajstić information content (AvgIpc) is 3.08. The number of nitrogens with zero attached hydrogens (tertiary/aromatic N) is 1. The van der Waals surface area contributed by atoms with Gasteiger partial charge in [0.25, 0.3) is 0 Å². The maximum atomic E-state index is 12.3. The number of nitrogen functional groups attached to an aromatic ring is 1. The van der Waals surface area contributed by atoms with Crippen molar-refractivity contribution >= 4 is 66.8 Å². The van der Waals surface area contributed by atoms with Gasteiger partial charge in [0.1, 0.15) is 21.1 Å². The number of anilines is 1. The summed E-state index contributed by atoms with van der Waals surface area (Å²) in [7, 11) is 0. The maximum absolute atomic E-state index is 12.3. The van der Waals surface area contributed by atoms with Crippen LogP contribution in [0.4, 0.5) is 10.0 Å². The summed E-state index contributed by atoms with van der Waals surface area (Å²) in [6.45, 7) is 3.72. The molecule has 0 aliphatic rings. The van der Waals surface area contributed by atoms with Gasteiger partial charge in [-0.15, -0.1) is 11.3 Å². The van der Waals surface area contributed by atoms with Crippen LogP contribution in [0.5, 0.6) is 0 Å². The summed E-state index contributed by atoms with van der Waals surface area (Å²) in [5, 5.41) is 0.495. The molecule has 0 aromatic carbocycles. The molecule has 0 saturated heterocycles. The van der Waals surface area contributed by atoms with E-state index in [9.17, 15) is 9.59 Å². The Kier molecular flexibility index (Phi) is 6.52. The number of rotatable bonds is 6. The third kappa shape index (κ3) is 4.22. The summed E-state index contributed by atoms with van der Waals surface area (Å²) < 4.78 is 11.0. The van der Waals surface area contributed by atoms with Crippen LogP contribution < -0.4 is 5.73 Å². The summed E-state index contributed by atoms with van der Waals surface area (Å²) in [6, 6.07) is 3.77. The molecule has 0 amide bonds. The topological polar surface area (TPSA) is 91.0 Å². The smallest absolute Gasteiger partial charge is 0.342 e. The minimum absolute atomic E-state index is 0.0137. The van der Waals surface area contributed by atoms with Gasteiger partial charge in [0.2, 0.25) is 0 Å². The van der Waals surface area contributed by atoms with Crippen LogP contribution in [0.3, 0.4) is 0 Å². The van der Waals surface area contributed by atoms with Crippen LogP contribution in [-0.2, 0) is 9.47 Å². The molecule has 0 bridgehead atoms. The van der Waals surface area contributed by atoms with Crippen LogP contribution in [0.1, 0.15) is 39.4 Å². The minimum atomic E-state index is -0.658. The molecule has 2 aromatic heterocycles. The molecule has 0 fully saturated rings. The number of hydrogen-bond donors (Lipinski definition) is 1. The van der Waals surface area contributed by atoms with Crippen molar-refractivity contribution in [2.24, 2.45) is 4.99 Å². The number of thiophene rings is 2. The molecule has 0 radical (unpaired) electrons. The standard InChI is InChI=1S/C15H15BrN2O4S2/c1-3-21-14(19)10-11(15(20)22-4-2)13(24-12(10)17)18-7-8-5-6-9(16)23-8/h5-7H,3-4,17H2,1-2H3. The molecule has 0 spiro atoms. The maximum Gasteiger partial charge on any atom is 0.342 e. The highest BCUT2D eigenvalue weighted by Crippen LogP contribution is 2.39. The Balaban J connectivity index is 2.46. The monoisotopic (exact) mass is 430 g/mol. The molecule has 0 aliphatic carbocycles. The van der Waals surface area contributed by atoms with Gasteiger partial charge in [0.15, 0.2) is 0 Å². The number of hydrogen-bond acceptors (Lipinski definition) is 8. The van der Waals surface area contributed by atoms with Crippen molar-refractivity contribution in [3.05, 3.63) is 31.9 Å². The van der Waals surface area contributed by atoms with Crippen molar-refractivity contribution in [2.75, 3.05) is 18.9 Å². The Morgan fingerprint density at radius 1 is 1.17 bits per heavy atom. The van der Waals surface area contributed by atoms with Gasteiger partial charge < -0.3 is 15.2 Å². The van der Waals surface area contributed by atoms with Crippen molar-refractivity contribution in [1.82, 2.24) is 0 Å². The van der Waals surface area contributed by atoms with Gasteiger partial charge in [-0.25, -0.2) is 14.6 Å². The second-order valence-electron chi connectivity index (χ2n) is 4.36. The van der Waals surface area contributed by atoms with Gasteiger partial charge in [0, 0.05) is 11.1 Å². The zero-order chi connectivity index (χ0) is 17.7. The van der Waals surface area contributed by atoms with Gasteiger partial charge in [-0.1, -0.05) is 11.3 Å². The highest BCUT2D eigenvalue weighted by Gasteiger charge is 2.29. The van der Waals surface area contributed by atoms with Gasteiger partial charge >= 0.3 is 11.9 Å². The molecule has 2 heterocycles. The van der Waals surface area contributed by atoms with E-state index in [4.69, 9.17) is 15.2 Å². The highest BCUT2D eigenvalue weighted by molar-refractivity contribution is 9.11. The number of nitrogens with two attached hydrogens (primary N) is 1. The summed E-state index contributed by atoms with van der Waals surface area (Å²) in [4.78, 5) is 29.6. The molecular formula is C15H15BrN2O4S2. The predicted octanol–water partition coefficient (Wildman–Crippen LogP) is 4.26. The summed E-state index contributed by atoms with van der Waals surface area (Å²) in [5.41, 5.74) is 5.97. The SMILES string of the molecule is CCOC(=O)c1c(N)sc(N=Cc2ccc(Br)s2)c1C(=O)OCC. The van der Waals surface area contributed by atoms with Crippen molar-refractivity contribution in [1.29, 1.82) is 0 Å². The Morgan fingerprint density at radius 3 is 2.33 bits per heavy atom. The van der Waals surface area contributed by atoms with E-state index in [1.54, 1.807) is 20.1 Å². The molecule has 0 unspecified atom stereocenters. The first-order valence-electron chi connectivity index (χ1n) is 7.03. The van der Waals surface area contributed by atoms with Crippen LogP contribution in [0.25, 0.3) is 0 Å². The van der Waals surface area contributed by atoms with Crippen LogP contribution in [0.15, 0.2) is 20.9 Å². The fourth-order valence-corrected chi connectivity index (χ4v) is 4.03. The van der Waals surface area contributed by atoms with Gasteiger partial charge in [0.05, 0.1) is 17.0 Å². The number of ether oxygens (including phenoxy) is 2. The fourth-order valence-electron chi connectivity index (χ4n) is 1.85. The number of aliphatic imine (C=N–C) groups is 1. The zero-order valence-corrected chi connectivity index (χ0v) is 16.2. The Bertz CT molecular complexity index is 783. The second kappa shape index (κ2) is 8.41. The van der Waals surface area contributed by atoms with E-state index in [1.165, 1.54) is 11.3 Å². The lowest BCUT2D eigenvalue weighted by atomic mass is 10.1. The summed E-state index contributed by atoms with van der Waals surface area (Å²) in [6.07, 6.45) is 1.61. The van der Waals surface area contributed by atoms with Crippen LogP contribution in [0.2, 0.25) is 0 Å². The molecule has 9 heteroatoms. The quantitative estimate of drug-likeness (QED) is 0.545. The Labute approximate surface area is 155 Å². The number of carbonyl (C=O) groups is 2. The third-order valence-electron chi connectivity index (χ3n) is 2.78. The molecule has 0 atom stereocenters. The Hall–Kier alpha value is -1.71. The van der Waals surface area contributed by atoms with Crippen LogP contribution in [0, 0.1) is 0 Å². The lowest BCUT2D eigenvalue weighted by Gasteiger charge is -2.05. The first-order valence-corrected chi connectivity index (χ1v) is 9.46. The highest BCUT2D eigenvalue weighted by atomic mass is 79.9. The third-order valence-corrected chi connectivity index (χ3v) is 5.26. The van der Waals surface area contributed by atoms with Gasteiger partial charge in [-0.2, -0.15) is 0 Å². The van der Waals surface area contributed by atoms with E-state index < -0.39 is 11.9 Å². The van der Waals surface area contributed by atoms with E-state index >= 15 is 0 Å². The van der Waals surface area contributed by atoms with E-state index in [1.807, 2.05) is 12.1 Å². The van der Waals surface area contributed by atoms with Crippen molar-refractivity contribution in [3.8, 4) is 0 Å². The van der Waals surface area contributed by atoms with E-state index in [0.29, 0.717) is 5.00 Å². The van der Waals surface area contributed by atoms with Crippen LogP contribution >= 0.6 is 38.6 Å². The average molecular weight is 431 g/mol. The molecule has 0 saturated carbocycles. The molecule has 2 aromatic rings. The first-order chi connectivity index (χ1) is 11.5. The van der Waals surface area contributed by atoms with E-state index in [-0.39, 0.29) is 29.3 Å². The van der Waals surface area contributed by atoms with Gasteiger partial charge in [-0.05, 0) is 41.9 Å². The Morgan fingerprint density at radius 2 is 1.79 bits per heavy atom. The molecule has 128 valence electrons. The van der Waals surface area contributed by atoms with Gasteiger partial charge in [-0.3, -0.25) is 0 Å².